The van der Waals surface area contributed by atoms with E-state index in [0.717, 1.165) is 22.1 Å². The molecule has 5 nitrogen and oxygen atoms in total. The summed E-state index contributed by atoms with van der Waals surface area (Å²) in [5, 5.41) is 27.1. The first-order valence-electron chi connectivity index (χ1n) is 8.06. The summed E-state index contributed by atoms with van der Waals surface area (Å²) in [5.41, 5.74) is 4.19. The summed E-state index contributed by atoms with van der Waals surface area (Å²) in [6.45, 7) is 0. The first-order valence-corrected chi connectivity index (χ1v) is 8.06. The van der Waals surface area contributed by atoms with Gasteiger partial charge in [0, 0.05) is 16.5 Å². The molecule has 0 aliphatic heterocycles. The smallest absolute Gasteiger partial charge is 0.156 e. The zero-order chi connectivity index (χ0) is 17.9. The molecule has 0 saturated heterocycles. The van der Waals surface area contributed by atoms with Crippen molar-refractivity contribution < 1.29 is 5.11 Å². The molecule has 0 amide bonds. The van der Waals surface area contributed by atoms with Gasteiger partial charge in [-0.1, -0.05) is 42.5 Å². The number of fused-ring (bicyclic) bond motifs is 1. The molecule has 0 saturated carbocycles. The number of nitrogens with one attached hydrogen (secondary N) is 1. The number of nitriles is 1. The summed E-state index contributed by atoms with van der Waals surface area (Å²) in [6, 6.07) is 18.8. The number of rotatable bonds is 3. The van der Waals surface area contributed by atoms with Gasteiger partial charge in [0.25, 0.3) is 0 Å². The standard InChI is InChI=1S/C21H14N4O/c22-12-18-17(11-6-14-4-2-1-3-5-14)19-13-23-25-21(19)24-20(18)15-7-9-16(26)10-8-15/h1-11,13,26H,(H,23,24,25)/b11-6+. The molecule has 5 heteroatoms. The van der Waals surface area contributed by atoms with E-state index in [9.17, 15) is 10.4 Å². The molecule has 2 heterocycles. The lowest BCUT2D eigenvalue weighted by molar-refractivity contribution is 0.475. The van der Waals surface area contributed by atoms with Gasteiger partial charge in [-0.15, -0.1) is 0 Å². The fourth-order valence-electron chi connectivity index (χ4n) is 2.85. The molecule has 4 rings (SSSR count). The number of benzene rings is 2. The zero-order valence-electron chi connectivity index (χ0n) is 13.7. The fourth-order valence-corrected chi connectivity index (χ4v) is 2.85. The Balaban J connectivity index is 1.93. The number of aromatic nitrogens is 3. The lowest BCUT2D eigenvalue weighted by Gasteiger charge is -2.08. The van der Waals surface area contributed by atoms with Crippen molar-refractivity contribution in [3.8, 4) is 23.1 Å². The summed E-state index contributed by atoms with van der Waals surface area (Å²) in [4.78, 5) is 4.57. The second-order valence-corrected chi connectivity index (χ2v) is 5.78. The second-order valence-electron chi connectivity index (χ2n) is 5.78. The van der Waals surface area contributed by atoms with Gasteiger partial charge < -0.3 is 5.11 Å². The third-order valence-corrected chi connectivity index (χ3v) is 4.13. The highest BCUT2D eigenvalue weighted by Crippen LogP contribution is 2.31. The molecule has 0 bridgehead atoms. The highest BCUT2D eigenvalue weighted by Gasteiger charge is 2.16. The number of H-pyrrole nitrogens is 1. The molecule has 0 fully saturated rings. The average Bonchev–Trinajstić information content (AvgIpc) is 3.15. The van der Waals surface area contributed by atoms with Gasteiger partial charge in [-0.05, 0) is 29.8 Å². The third-order valence-electron chi connectivity index (χ3n) is 4.13. The topological polar surface area (TPSA) is 85.6 Å². The molecule has 0 spiro atoms. The molecular weight excluding hydrogens is 324 g/mol. The van der Waals surface area contributed by atoms with Gasteiger partial charge in [-0.3, -0.25) is 5.10 Å². The number of pyridine rings is 1. The minimum Gasteiger partial charge on any atom is -0.508 e. The molecule has 4 aromatic rings. The van der Waals surface area contributed by atoms with E-state index in [1.807, 2.05) is 42.5 Å². The van der Waals surface area contributed by atoms with Crippen molar-refractivity contribution in [2.24, 2.45) is 0 Å². The van der Waals surface area contributed by atoms with Crippen LogP contribution in [0.3, 0.4) is 0 Å². The molecule has 0 radical (unpaired) electrons. The van der Waals surface area contributed by atoms with Gasteiger partial charge in [-0.25, -0.2) is 4.98 Å². The van der Waals surface area contributed by atoms with Gasteiger partial charge in [-0.2, -0.15) is 10.4 Å². The minimum absolute atomic E-state index is 0.166. The number of phenols is 1. The van der Waals surface area contributed by atoms with Crippen LogP contribution >= 0.6 is 0 Å². The maximum Gasteiger partial charge on any atom is 0.156 e. The molecule has 124 valence electrons. The van der Waals surface area contributed by atoms with E-state index in [2.05, 4.69) is 21.3 Å². The Hall–Kier alpha value is -3.91. The number of phenolic OH excluding ortho intramolecular Hbond substituents is 1. The Kier molecular flexibility index (Phi) is 3.92. The van der Waals surface area contributed by atoms with Crippen LogP contribution in [-0.2, 0) is 0 Å². The van der Waals surface area contributed by atoms with Crippen LogP contribution in [0.15, 0.2) is 60.8 Å². The van der Waals surface area contributed by atoms with E-state index in [4.69, 9.17) is 0 Å². The highest BCUT2D eigenvalue weighted by molar-refractivity contribution is 5.94. The SMILES string of the molecule is N#Cc1c(-c2ccc(O)cc2)nc2[nH]ncc2c1/C=C/c1ccccc1. The fraction of sp³-hybridized carbons (Fsp3) is 0. The van der Waals surface area contributed by atoms with Gasteiger partial charge in [0.05, 0.1) is 17.5 Å². The van der Waals surface area contributed by atoms with Gasteiger partial charge >= 0.3 is 0 Å². The predicted molar refractivity (Wildman–Crippen MR) is 101 cm³/mol. The van der Waals surface area contributed by atoms with Gasteiger partial charge in [0.2, 0.25) is 0 Å². The normalized spacial score (nSPS) is 11.0. The van der Waals surface area contributed by atoms with Crippen LogP contribution in [0, 0.1) is 11.3 Å². The Morgan fingerprint density at radius 3 is 2.50 bits per heavy atom. The van der Waals surface area contributed by atoms with Crippen LogP contribution in [0.4, 0.5) is 0 Å². The largest absolute Gasteiger partial charge is 0.508 e. The molecule has 0 unspecified atom stereocenters. The quantitative estimate of drug-likeness (QED) is 0.581. The lowest BCUT2D eigenvalue weighted by Crippen LogP contribution is -1.95. The molecular formula is C21H14N4O. The Bertz CT molecular complexity index is 1140. The third kappa shape index (κ3) is 2.80. The molecule has 0 aliphatic rings. The molecule has 0 aliphatic carbocycles. The van der Waals surface area contributed by atoms with Crippen LogP contribution in [-0.4, -0.2) is 20.3 Å². The van der Waals surface area contributed by atoms with Gasteiger partial charge in [0.1, 0.15) is 11.8 Å². The van der Waals surface area contributed by atoms with Crippen molar-refractivity contribution in [3.63, 3.8) is 0 Å². The van der Waals surface area contributed by atoms with Gasteiger partial charge in [0.15, 0.2) is 5.65 Å². The van der Waals surface area contributed by atoms with Crippen LogP contribution in [0.1, 0.15) is 16.7 Å². The maximum atomic E-state index is 9.81. The number of aromatic amines is 1. The summed E-state index contributed by atoms with van der Waals surface area (Å²) in [7, 11) is 0. The molecule has 2 aromatic carbocycles. The van der Waals surface area contributed by atoms with Crippen LogP contribution in [0.25, 0.3) is 34.4 Å². The first-order chi connectivity index (χ1) is 12.8. The first kappa shape index (κ1) is 15.6. The Labute approximate surface area is 149 Å². The van der Waals surface area contributed by atoms with Crippen molar-refractivity contribution in [2.45, 2.75) is 0 Å². The van der Waals surface area contributed by atoms with E-state index >= 15 is 0 Å². The van der Waals surface area contributed by atoms with Crippen molar-refractivity contribution in [2.75, 3.05) is 0 Å². The number of nitrogens with zero attached hydrogens (tertiary/aromatic N) is 3. The molecule has 0 atom stereocenters. The Morgan fingerprint density at radius 2 is 1.77 bits per heavy atom. The number of hydrogen-bond donors (Lipinski definition) is 2. The summed E-state index contributed by atoms with van der Waals surface area (Å²) < 4.78 is 0. The summed E-state index contributed by atoms with van der Waals surface area (Å²) in [5.74, 6) is 0.166. The van der Waals surface area contributed by atoms with E-state index in [0.29, 0.717) is 16.9 Å². The molecule has 26 heavy (non-hydrogen) atoms. The molecule has 2 aromatic heterocycles. The Morgan fingerprint density at radius 1 is 1.00 bits per heavy atom. The summed E-state index contributed by atoms with van der Waals surface area (Å²) >= 11 is 0. The zero-order valence-corrected chi connectivity index (χ0v) is 13.7. The van der Waals surface area contributed by atoms with Crippen molar-refractivity contribution in [1.82, 2.24) is 15.2 Å². The minimum atomic E-state index is 0.166. The van der Waals surface area contributed by atoms with Crippen molar-refractivity contribution in [1.29, 1.82) is 5.26 Å². The van der Waals surface area contributed by atoms with E-state index in [-0.39, 0.29) is 5.75 Å². The maximum absolute atomic E-state index is 9.81. The van der Waals surface area contributed by atoms with E-state index in [1.165, 1.54) is 0 Å². The lowest BCUT2D eigenvalue weighted by atomic mass is 9.98. The number of aromatic hydroxyl groups is 1. The predicted octanol–water partition coefficient (Wildman–Crippen LogP) is 4.37. The summed E-state index contributed by atoms with van der Waals surface area (Å²) in [6.07, 6.45) is 5.55. The van der Waals surface area contributed by atoms with Crippen molar-refractivity contribution >= 4 is 23.2 Å². The monoisotopic (exact) mass is 338 g/mol. The average molecular weight is 338 g/mol. The van der Waals surface area contributed by atoms with Crippen molar-refractivity contribution in [3.05, 3.63) is 77.5 Å². The second kappa shape index (κ2) is 6.54. The van der Waals surface area contributed by atoms with E-state index < -0.39 is 0 Å². The van der Waals surface area contributed by atoms with Crippen LogP contribution < -0.4 is 0 Å². The van der Waals surface area contributed by atoms with Crippen LogP contribution in [0.5, 0.6) is 5.75 Å². The highest BCUT2D eigenvalue weighted by atomic mass is 16.3. The number of hydrogen-bond acceptors (Lipinski definition) is 4. The molecule has 2 N–H and O–H groups in total. The van der Waals surface area contributed by atoms with E-state index in [1.54, 1.807) is 30.5 Å². The van der Waals surface area contributed by atoms with Crippen LogP contribution in [0.2, 0.25) is 0 Å².